The molecule has 1 rings (SSSR count). The maximum absolute atomic E-state index is 11.1. The molecule has 0 saturated carbocycles. The summed E-state index contributed by atoms with van der Waals surface area (Å²) in [6, 6.07) is 1.72. The van der Waals surface area contributed by atoms with Gasteiger partial charge < -0.3 is 9.84 Å². The van der Waals surface area contributed by atoms with Crippen molar-refractivity contribution in [3.8, 4) is 5.75 Å². The second-order valence-corrected chi connectivity index (χ2v) is 3.65. The van der Waals surface area contributed by atoms with Crippen molar-refractivity contribution in [2.24, 2.45) is 0 Å². The lowest BCUT2D eigenvalue weighted by molar-refractivity contribution is 0.0691. The summed E-state index contributed by atoms with van der Waals surface area (Å²) < 4.78 is 5.25. The Morgan fingerprint density at radius 3 is 2.60 bits per heavy atom. The van der Waals surface area contributed by atoms with E-state index in [4.69, 9.17) is 21.4 Å². The fourth-order valence-corrected chi connectivity index (χ4v) is 1.71. The third kappa shape index (κ3) is 2.23. The van der Waals surface area contributed by atoms with E-state index >= 15 is 0 Å². The van der Waals surface area contributed by atoms with Crippen molar-refractivity contribution in [1.82, 2.24) is 0 Å². The van der Waals surface area contributed by atoms with Gasteiger partial charge in [0.25, 0.3) is 0 Å². The third-order valence-corrected chi connectivity index (χ3v) is 2.54. The minimum absolute atomic E-state index is 0.154. The van der Waals surface area contributed by atoms with Gasteiger partial charge in [0, 0.05) is 0 Å². The molecule has 0 amide bonds. The Hall–Kier alpha value is -1.22. The SMILES string of the molecule is CCOc1c(Cl)cc(C)c(C)c1C(=O)O. The first-order valence-corrected chi connectivity index (χ1v) is 5.02. The Balaban J connectivity index is 3.47. The van der Waals surface area contributed by atoms with E-state index in [1.807, 2.05) is 6.92 Å². The van der Waals surface area contributed by atoms with Gasteiger partial charge >= 0.3 is 5.97 Å². The molecule has 0 atom stereocenters. The lowest BCUT2D eigenvalue weighted by atomic mass is 10.0. The predicted octanol–water partition coefficient (Wildman–Crippen LogP) is 3.05. The molecule has 0 saturated heterocycles. The van der Waals surface area contributed by atoms with E-state index in [9.17, 15) is 4.79 Å². The van der Waals surface area contributed by atoms with E-state index in [2.05, 4.69) is 0 Å². The van der Waals surface area contributed by atoms with Crippen LogP contribution in [-0.2, 0) is 0 Å². The number of aryl methyl sites for hydroxylation is 1. The number of aromatic carboxylic acids is 1. The number of halogens is 1. The number of benzene rings is 1. The molecule has 1 N–H and O–H groups in total. The van der Waals surface area contributed by atoms with Crippen molar-refractivity contribution in [3.05, 3.63) is 27.8 Å². The van der Waals surface area contributed by atoms with Crippen LogP contribution >= 0.6 is 11.6 Å². The van der Waals surface area contributed by atoms with Crippen LogP contribution in [0.4, 0.5) is 0 Å². The van der Waals surface area contributed by atoms with Gasteiger partial charge in [-0.3, -0.25) is 0 Å². The minimum Gasteiger partial charge on any atom is -0.491 e. The van der Waals surface area contributed by atoms with Crippen molar-refractivity contribution >= 4 is 17.6 Å². The number of hydrogen-bond acceptors (Lipinski definition) is 2. The lowest BCUT2D eigenvalue weighted by Gasteiger charge is -2.13. The fraction of sp³-hybridized carbons (Fsp3) is 0.364. The van der Waals surface area contributed by atoms with Gasteiger partial charge in [0.2, 0.25) is 0 Å². The molecule has 4 heteroatoms. The van der Waals surface area contributed by atoms with E-state index in [1.165, 1.54) is 0 Å². The number of ether oxygens (including phenoxy) is 1. The first kappa shape index (κ1) is 11.9. The summed E-state index contributed by atoms with van der Waals surface area (Å²) in [4.78, 5) is 11.1. The van der Waals surface area contributed by atoms with Crippen molar-refractivity contribution in [2.75, 3.05) is 6.61 Å². The predicted molar refractivity (Wildman–Crippen MR) is 59.1 cm³/mol. The lowest BCUT2D eigenvalue weighted by Crippen LogP contribution is -2.07. The number of carboxylic acids is 1. The third-order valence-electron chi connectivity index (χ3n) is 2.26. The topological polar surface area (TPSA) is 46.5 Å². The molecule has 1 aromatic carbocycles. The Kier molecular flexibility index (Phi) is 3.58. The average molecular weight is 229 g/mol. The monoisotopic (exact) mass is 228 g/mol. The zero-order chi connectivity index (χ0) is 11.6. The van der Waals surface area contributed by atoms with Crippen LogP contribution in [-0.4, -0.2) is 17.7 Å². The minimum atomic E-state index is -1.01. The van der Waals surface area contributed by atoms with Crippen molar-refractivity contribution in [2.45, 2.75) is 20.8 Å². The molecule has 82 valence electrons. The molecular weight excluding hydrogens is 216 g/mol. The number of carboxylic acid groups (broad SMARTS) is 1. The Morgan fingerprint density at radius 2 is 2.13 bits per heavy atom. The fourth-order valence-electron chi connectivity index (χ4n) is 1.39. The number of hydrogen-bond donors (Lipinski definition) is 1. The maximum Gasteiger partial charge on any atom is 0.339 e. The summed E-state index contributed by atoms with van der Waals surface area (Å²) in [7, 11) is 0. The average Bonchev–Trinajstić information content (AvgIpc) is 2.14. The van der Waals surface area contributed by atoms with Gasteiger partial charge in [-0.25, -0.2) is 4.79 Å². The summed E-state index contributed by atoms with van der Waals surface area (Å²) in [6.07, 6.45) is 0. The number of rotatable bonds is 3. The zero-order valence-corrected chi connectivity index (χ0v) is 9.68. The first-order chi connectivity index (χ1) is 6.99. The van der Waals surface area contributed by atoms with Gasteiger partial charge in [0.15, 0.2) is 5.75 Å². The molecule has 0 radical (unpaired) electrons. The smallest absolute Gasteiger partial charge is 0.339 e. The van der Waals surface area contributed by atoms with E-state index in [-0.39, 0.29) is 11.3 Å². The van der Waals surface area contributed by atoms with Crippen LogP contribution in [0.5, 0.6) is 5.75 Å². The first-order valence-electron chi connectivity index (χ1n) is 4.64. The molecule has 0 aliphatic rings. The van der Waals surface area contributed by atoms with Gasteiger partial charge in [-0.05, 0) is 38.0 Å². The summed E-state index contributed by atoms with van der Waals surface area (Å²) in [5, 5.41) is 9.43. The van der Waals surface area contributed by atoms with Crippen molar-refractivity contribution in [3.63, 3.8) is 0 Å². The van der Waals surface area contributed by atoms with Crippen molar-refractivity contribution in [1.29, 1.82) is 0 Å². The second kappa shape index (κ2) is 4.53. The molecule has 0 spiro atoms. The summed E-state index contributed by atoms with van der Waals surface area (Å²) in [5.74, 6) is -0.753. The molecular formula is C11H13ClO3. The van der Waals surface area contributed by atoms with E-state index in [0.29, 0.717) is 17.2 Å². The van der Waals surface area contributed by atoms with Crippen LogP contribution in [0, 0.1) is 13.8 Å². The van der Waals surface area contributed by atoms with Gasteiger partial charge in [-0.1, -0.05) is 11.6 Å². The molecule has 0 bridgehead atoms. The van der Waals surface area contributed by atoms with Crippen LogP contribution in [0.25, 0.3) is 0 Å². The Morgan fingerprint density at radius 1 is 1.53 bits per heavy atom. The van der Waals surface area contributed by atoms with Gasteiger partial charge in [0.1, 0.15) is 5.56 Å². The second-order valence-electron chi connectivity index (χ2n) is 3.24. The van der Waals surface area contributed by atoms with E-state index in [1.54, 1.807) is 19.9 Å². The van der Waals surface area contributed by atoms with Crippen LogP contribution in [0.1, 0.15) is 28.4 Å². The molecule has 15 heavy (non-hydrogen) atoms. The molecule has 0 aliphatic carbocycles. The number of carbonyl (C=O) groups is 1. The van der Waals surface area contributed by atoms with Gasteiger partial charge in [0.05, 0.1) is 11.6 Å². The highest BCUT2D eigenvalue weighted by Crippen LogP contribution is 2.33. The molecule has 0 heterocycles. The highest BCUT2D eigenvalue weighted by atomic mass is 35.5. The van der Waals surface area contributed by atoms with Crippen LogP contribution in [0.15, 0.2) is 6.07 Å². The molecule has 3 nitrogen and oxygen atoms in total. The highest BCUT2D eigenvalue weighted by Gasteiger charge is 2.19. The maximum atomic E-state index is 11.1. The van der Waals surface area contributed by atoms with E-state index < -0.39 is 5.97 Å². The van der Waals surface area contributed by atoms with Crippen LogP contribution in [0.2, 0.25) is 5.02 Å². The van der Waals surface area contributed by atoms with Gasteiger partial charge in [-0.15, -0.1) is 0 Å². The van der Waals surface area contributed by atoms with Crippen molar-refractivity contribution < 1.29 is 14.6 Å². The van der Waals surface area contributed by atoms with Crippen LogP contribution < -0.4 is 4.74 Å². The molecule has 0 aliphatic heterocycles. The zero-order valence-electron chi connectivity index (χ0n) is 8.93. The largest absolute Gasteiger partial charge is 0.491 e. The highest BCUT2D eigenvalue weighted by molar-refractivity contribution is 6.32. The summed E-state index contributed by atoms with van der Waals surface area (Å²) >= 11 is 5.94. The van der Waals surface area contributed by atoms with Gasteiger partial charge in [-0.2, -0.15) is 0 Å². The van der Waals surface area contributed by atoms with Crippen LogP contribution in [0.3, 0.4) is 0 Å². The Labute approximate surface area is 93.6 Å². The molecule has 0 fully saturated rings. The quantitative estimate of drug-likeness (QED) is 0.865. The normalized spacial score (nSPS) is 10.1. The van der Waals surface area contributed by atoms with E-state index in [0.717, 1.165) is 5.56 Å². The standard InChI is InChI=1S/C11H13ClO3/c1-4-15-10-8(12)5-6(2)7(3)9(10)11(13)14/h5H,4H2,1-3H3,(H,13,14). The summed E-state index contributed by atoms with van der Waals surface area (Å²) in [6.45, 7) is 5.75. The molecule has 0 unspecified atom stereocenters. The molecule has 0 aromatic heterocycles. The molecule has 1 aromatic rings. The Bertz CT molecular complexity index is 399. The summed E-state index contributed by atoms with van der Waals surface area (Å²) in [5.41, 5.74) is 1.69.